The fourth-order valence-corrected chi connectivity index (χ4v) is 3.70. The Labute approximate surface area is 169 Å². The van der Waals surface area contributed by atoms with E-state index in [9.17, 15) is 4.79 Å². The van der Waals surface area contributed by atoms with Gasteiger partial charge in [-0.15, -0.1) is 11.3 Å². The average molecular weight is 402 g/mol. The van der Waals surface area contributed by atoms with Crippen molar-refractivity contribution in [3.63, 3.8) is 0 Å². The number of hydrogen-bond acceptors (Lipinski definition) is 7. The number of thiazole rings is 1. The third-order valence-corrected chi connectivity index (χ3v) is 5.20. The van der Waals surface area contributed by atoms with Crippen molar-refractivity contribution in [3.05, 3.63) is 83.4 Å². The molecule has 5 rings (SSSR count). The number of carbonyl (C=O) groups excluding carboxylic acids is 1. The number of rotatable bonds is 5. The fourth-order valence-electron chi connectivity index (χ4n) is 2.98. The first-order valence-electron chi connectivity index (χ1n) is 8.85. The number of furan rings is 1. The first-order valence-corrected chi connectivity index (χ1v) is 9.73. The van der Waals surface area contributed by atoms with E-state index in [0.29, 0.717) is 35.1 Å². The zero-order valence-electron chi connectivity index (χ0n) is 15.0. The van der Waals surface area contributed by atoms with Crippen molar-refractivity contribution in [1.29, 1.82) is 0 Å². The molecule has 29 heavy (non-hydrogen) atoms. The van der Waals surface area contributed by atoms with Crippen molar-refractivity contribution >= 4 is 33.1 Å². The molecule has 0 radical (unpaired) electrons. The van der Waals surface area contributed by atoms with Crippen LogP contribution in [-0.4, -0.2) is 21.0 Å². The second kappa shape index (κ2) is 7.33. The minimum absolute atomic E-state index is 0.186. The standard InChI is InChI=1S/C21H14N4O3S/c26-21(14-7-8-16-18(10-14)29-12-22-16)23-15-5-2-1-4-13(15)11-19-24-20(25-28-19)17-6-3-9-27-17/h1-10,12H,11H2,(H,23,26). The van der Waals surface area contributed by atoms with E-state index >= 15 is 0 Å². The largest absolute Gasteiger partial charge is 0.461 e. The van der Waals surface area contributed by atoms with E-state index in [4.69, 9.17) is 8.94 Å². The number of carbonyl (C=O) groups is 1. The Hall–Kier alpha value is -3.78. The molecule has 7 nitrogen and oxygen atoms in total. The summed E-state index contributed by atoms with van der Waals surface area (Å²) in [6, 6.07) is 16.5. The number of anilines is 1. The molecule has 3 aromatic heterocycles. The highest BCUT2D eigenvalue weighted by atomic mass is 32.1. The maximum absolute atomic E-state index is 12.8. The third kappa shape index (κ3) is 3.53. The quantitative estimate of drug-likeness (QED) is 0.455. The van der Waals surface area contributed by atoms with Crippen LogP contribution in [0.5, 0.6) is 0 Å². The summed E-state index contributed by atoms with van der Waals surface area (Å²) in [5.41, 5.74) is 4.79. The molecule has 0 aliphatic heterocycles. The van der Waals surface area contributed by atoms with Gasteiger partial charge in [0.15, 0.2) is 5.76 Å². The number of hydrogen-bond donors (Lipinski definition) is 1. The van der Waals surface area contributed by atoms with E-state index in [-0.39, 0.29) is 5.91 Å². The van der Waals surface area contributed by atoms with Gasteiger partial charge in [-0.2, -0.15) is 4.98 Å². The van der Waals surface area contributed by atoms with Gasteiger partial charge in [-0.25, -0.2) is 4.98 Å². The van der Waals surface area contributed by atoms with Crippen LogP contribution in [0.25, 0.3) is 21.8 Å². The van der Waals surface area contributed by atoms with Crippen molar-refractivity contribution in [2.75, 3.05) is 5.32 Å². The van der Waals surface area contributed by atoms with Gasteiger partial charge in [0.05, 0.1) is 28.4 Å². The highest BCUT2D eigenvalue weighted by molar-refractivity contribution is 7.16. The van der Waals surface area contributed by atoms with Gasteiger partial charge < -0.3 is 14.3 Å². The molecule has 1 amide bonds. The predicted octanol–water partition coefficient (Wildman–Crippen LogP) is 4.78. The highest BCUT2D eigenvalue weighted by Gasteiger charge is 2.15. The molecule has 0 bridgehead atoms. The maximum atomic E-state index is 12.8. The first kappa shape index (κ1) is 17.3. The van der Waals surface area contributed by atoms with Gasteiger partial charge in [0, 0.05) is 11.3 Å². The van der Waals surface area contributed by atoms with Gasteiger partial charge in [0.2, 0.25) is 11.7 Å². The van der Waals surface area contributed by atoms with E-state index in [1.807, 2.05) is 36.4 Å². The summed E-state index contributed by atoms with van der Waals surface area (Å²) in [5, 5.41) is 6.92. The summed E-state index contributed by atoms with van der Waals surface area (Å²) in [6.45, 7) is 0. The Morgan fingerprint density at radius 3 is 2.93 bits per heavy atom. The molecule has 0 aliphatic carbocycles. The molecule has 0 atom stereocenters. The molecule has 0 fully saturated rings. The lowest BCUT2D eigenvalue weighted by atomic mass is 10.1. The first-order chi connectivity index (χ1) is 14.3. The lowest BCUT2D eigenvalue weighted by Gasteiger charge is -2.10. The summed E-state index contributed by atoms with van der Waals surface area (Å²) >= 11 is 1.50. The molecular weight excluding hydrogens is 388 g/mol. The summed E-state index contributed by atoms with van der Waals surface area (Å²) in [6.07, 6.45) is 1.94. The van der Waals surface area contributed by atoms with E-state index < -0.39 is 0 Å². The van der Waals surface area contributed by atoms with Crippen LogP contribution < -0.4 is 5.32 Å². The van der Waals surface area contributed by atoms with Crippen molar-refractivity contribution < 1.29 is 13.7 Å². The second-order valence-electron chi connectivity index (χ2n) is 6.31. The van der Waals surface area contributed by atoms with Gasteiger partial charge in [0.25, 0.3) is 5.91 Å². The van der Waals surface area contributed by atoms with Crippen molar-refractivity contribution in [2.45, 2.75) is 6.42 Å². The topological polar surface area (TPSA) is 94.1 Å². The van der Waals surface area contributed by atoms with Gasteiger partial charge in [-0.1, -0.05) is 23.4 Å². The van der Waals surface area contributed by atoms with E-state index in [1.165, 1.54) is 11.3 Å². The molecule has 1 N–H and O–H groups in total. The van der Waals surface area contributed by atoms with Crippen molar-refractivity contribution in [1.82, 2.24) is 15.1 Å². The zero-order valence-corrected chi connectivity index (χ0v) is 15.8. The molecule has 2 aromatic carbocycles. The minimum Gasteiger partial charge on any atom is -0.461 e. The lowest BCUT2D eigenvalue weighted by molar-refractivity contribution is 0.102. The van der Waals surface area contributed by atoms with Crippen LogP contribution in [0.1, 0.15) is 21.8 Å². The Morgan fingerprint density at radius 1 is 1.10 bits per heavy atom. The number of nitrogens with zero attached hydrogens (tertiary/aromatic N) is 3. The smallest absolute Gasteiger partial charge is 0.255 e. The number of fused-ring (bicyclic) bond motifs is 1. The molecule has 8 heteroatoms. The van der Waals surface area contributed by atoms with Gasteiger partial charge in [0.1, 0.15) is 0 Å². The van der Waals surface area contributed by atoms with E-state index in [0.717, 1.165) is 15.8 Å². The Morgan fingerprint density at radius 2 is 2.03 bits per heavy atom. The molecule has 0 saturated carbocycles. The van der Waals surface area contributed by atoms with Crippen LogP contribution in [0.15, 0.2) is 75.3 Å². The highest BCUT2D eigenvalue weighted by Crippen LogP contribution is 2.23. The Bertz CT molecular complexity index is 1290. The molecule has 0 unspecified atom stereocenters. The second-order valence-corrected chi connectivity index (χ2v) is 7.20. The molecule has 5 aromatic rings. The van der Waals surface area contributed by atoms with Gasteiger partial charge >= 0.3 is 0 Å². The third-order valence-electron chi connectivity index (χ3n) is 4.41. The van der Waals surface area contributed by atoms with Crippen molar-refractivity contribution in [3.8, 4) is 11.6 Å². The van der Waals surface area contributed by atoms with Crippen LogP contribution in [0.3, 0.4) is 0 Å². The number of para-hydroxylation sites is 1. The molecule has 142 valence electrons. The normalized spacial score (nSPS) is 11.0. The summed E-state index contributed by atoms with van der Waals surface area (Å²) in [5.74, 6) is 1.18. The number of aromatic nitrogens is 3. The molecule has 0 spiro atoms. The molecule has 3 heterocycles. The SMILES string of the molecule is O=C(Nc1ccccc1Cc1nc(-c2ccco2)no1)c1ccc2ncsc2c1. The Balaban J connectivity index is 1.37. The van der Waals surface area contributed by atoms with Gasteiger partial charge in [-0.3, -0.25) is 4.79 Å². The van der Waals surface area contributed by atoms with Crippen LogP contribution >= 0.6 is 11.3 Å². The number of amides is 1. The van der Waals surface area contributed by atoms with Crippen LogP contribution in [0.2, 0.25) is 0 Å². The number of nitrogens with one attached hydrogen (secondary N) is 1. The fraction of sp³-hybridized carbons (Fsp3) is 0.0476. The minimum atomic E-state index is -0.186. The summed E-state index contributed by atoms with van der Waals surface area (Å²) in [4.78, 5) is 21.4. The molecule has 0 saturated heterocycles. The Kier molecular flexibility index (Phi) is 4.38. The van der Waals surface area contributed by atoms with Crippen LogP contribution in [0, 0.1) is 0 Å². The van der Waals surface area contributed by atoms with E-state index in [1.54, 1.807) is 30.0 Å². The van der Waals surface area contributed by atoms with E-state index in [2.05, 4.69) is 20.4 Å². The average Bonchev–Trinajstić information content (AvgIpc) is 3.50. The van der Waals surface area contributed by atoms with Gasteiger partial charge in [-0.05, 0) is 42.0 Å². The molecule has 0 aliphatic rings. The predicted molar refractivity (Wildman–Crippen MR) is 109 cm³/mol. The monoisotopic (exact) mass is 402 g/mol. The number of benzene rings is 2. The zero-order chi connectivity index (χ0) is 19.6. The summed E-state index contributed by atoms with van der Waals surface area (Å²) in [7, 11) is 0. The van der Waals surface area contributed by atoms with Crippen LogP contribution in [0.4, 0.5) is 5.69 Å². The lowest BCUT2D eigenvalue weighted by Crippen LogP contribution is -2.13. The summed E-state index contributed by atoms with van der Waals surface area (Å²) < 4.78 is 11.6. The molecular formula is C21H14N4O3S. The maximum Gasteiger partial charge on any atom is 0.255 e. The van der Waals surface area contributed by atoms with Crippen molar-refractivity contribution in [2.24, 2.45) is 0 Å². The van der Waals surface area contributed by atoms with Crippen LogP contribution in [-0.2, 0) is 6.42 Å².